The second-order valence-electron chi connectivity index (χ2n) is 4.47. The van der Waals surface area contributed by atoms with Gasteiger partial charge in [0, 0.05) is 5.56 Å². The van der Waals surface area contributed by atoms with Crippen LogP contribution in [0.4, 0.5) is 4.39 Å². The number of amides is 1. The summed E-state index contributed by atoms with van der Waals surface area (Å²) in [6.07, 6.45) is 0.202. The van der Waals surface area contributed by atoms with Crippen molar-refractivity contribution in [3.05, 3.63) is 53.8 Å². The van der Waals surface area contributed by atoms with Crippen molar-refractivity contribution in [2.45, 2.75) is 6.42 Å². The highest BCUT2D eigenvalue weighted by atomic mass is 32.1. The Hall–Kier alpha value is -2.27. The molecule has 0 unspecified atom stereocenters. The Labute approximate surface area is 118 Å². The number of primary amides is 1. The number of aromatic nitrogens is 1. The van der Waals surface area contributed by atoms with Crippen LogP contribution in [0.2, 0.25) is 0 Å². The summed E-state index contributed by atoms with van der Waals surface area (Å²) in [5.41, 5.74) is 7.72. The first-order chi connectivity index (χ1) is 9.61. The van der Waals surface area contributed by atoms with Crippen LogP contribution in [0, 0.1) is 5.82 Å². The van der Waals surface area contributed by atoms with Crippen molar-refractivity contribution in [2.75, 3.05) is 0 Å². The standard InChI is InChI=1S/C15H11FN2OS/c16-11-4-5-12-13(8-11)20-15(18-12)10-3-1-2-9(6-10)7-14(17)19/h1-6,8H,7H2,(H2,17,19). The minimum atomic E-state index is -0.367. The summed E-state index contributed by atoms with van der Waals surface area (Å²) in [6.45, 7) is 0. The van der Waals surface area contributed by atoms with Gasteiger partial charge in [-0.1, -0.05) is 18.2 Å². The number of thiazole rings is 1. The van der Waals surface area contributed by atoms with E-state index < -0.39 is 0 Å². The zero-order valence-corrected chi connectivity index (χ0v) is 11.3. The fourth-order valence-corrected chi connectivity index (χ4v) is 3.02. The Bertz CT molecular complexity index is 797. The summed E-state index contributed by atoms with van der Waals surface area (Å²) < 4.78 is 14.0. The minimum absolute atomic E-state index is 0.202. The summed E-state index contributed by atoms with van der Waals surface area (Å²) in [5.74, 6) is -0.635. The average molecular weight is 286 g/mol. The Balaban J connectivity index is 2.03. The molecule has 2 N–H and O–H groups in total. The number of carbonyl (C=O) groups is 1. The van der Waals surface area contributed by atoms with Crippen LogP contribution in [-0.4, -0.2) is 10.9 Å². The molecule has 5 heteroatoms. The third-order valence-electron chi connectivity index (χ3n) is 2.90. The van der Waals surface area contributed by atoms with Crippen LogP contribution in [-0.2, 0) is 11.2 Å². The van der Waals surface area contributed by atoms with Gasteiger partial charge in [-0.05, 0) is 29.8 Å². The SMILES string of the molecule is NC(=O)Cc1cccc(-c2nc3ccc(F)cc3s2)c1. The van der Waals surface area contributed by atoms with Crippen LogP contribution in [0.1, 0.15) is 5.56 Å². The van der Waals surface area contributed by atoms with Crippen molar-refractivity contribution in [3.8, 4) is 10.6 Å². The van der Waals surface area contributed by atoms with Gasteiger partial charge in [0.2, 0.25) is 5.91 Å². The van der Waals surface area contributed by atoms with E-state index >= 15 is 0 Å². The molecule has 3 rings (SSSR count). The minimum Gasteiger partial charge on any atom is -0.369 e. The van der Waals surface area contributed by atoms with Crippen LogP contribution in [0.5, 0.6) is 0 Å². The molecular formula is C15H11FN2OS. The lowest BCUT2D eigenvalue weighted by Crippen LogP contribution is -2.13. The molecule has 0 fully saturated rings. The zero-order valence-electron chi connectivity index (χ0n) is 10.5. The van der Waals surface area contributed by atoms with E-state index in [0.717, 1.165) is 26.4 Å². The van der Waals surface area contributed by atoms with Crippen LogP contribution in [0.3, 0.4) is 0 Å². The van der Waals surface area contributed by atoms with Gasteiger partial charge in [-0.3, -0.25) is 4.79 Å². The highest BCUT2D eigenvalue weighted by Crippen LogP contribution is 2.30. The molecule has 0 aliphatic rings. The molecule has 3 nitrogen and oxygen atoms in total. The molecule has 2 aromatic carbocycles. The first kappa shape index (κ1) is 12.7. The third kappa shape index (κ3) is 2.53. The van der Waals surface area contributed by atoms with Crippen molar-refractivity contribution in [1.82, 2.24) is 4.98 Å². The predicted molar refractivity (Wildman–Crippen MR) is 77.9 cm³/mol. The fourth-order valence-electron chi connectivity index (χ4n) is 2.04. The average Bonchev–Trinajstić information content (AvgIpc) is 2.81. The maximum Gasteiger partial charge on any atom is 0.221 e. The molecule has 100 valence electrons. The molecule has 3 aromatic rings. The van der Waals surface area contributed by atoms with Gasteiger partial charge in [-0.15, -0.1) is 11.3 Å². The molecule has 0 radical (unpaired) electrons. The van der Waals surface area contributed by atoms with E-state index in [1.807, 2.05) is 24.3 Å². The number of fused-ring (bicyclic) bond motifs is 1. The van der Waals surface area contributed by atoms with E-state index in [9.17, 15) is 9.18 Å². The molecule has 0 bridgehead atoms. The van der Waals surface area contributed by atoms with Crippen molar-refractivity contribution < 1.29 is 9.18 Å². The van der Waals surface area contributed by atoms with Crippen LogP contribution in [0.25, 0.3) is 20.8 Å². The molecule has 0 atom stereocenters. The first-order valence-corrected chi connectivity index (χ1v) is 6.87. The Morgan fingerprint density at radius 3 is 2.90 bits per heavy atom. The first-order valence-electron chi connectivity index (χ1n) is 6.05. The van der Waals surface area contributed by atoms with E-state index in [2.05, 4.69) is 4.98 Å². The smallest absolute Gasteiger partial charge is 0.221 e. The van der Waals surface area contributed by atoms with Gasteiger partial charge >= 0.3 is 0 Å². The van der Waals surface area contributed by atoms with E-state index in [1.54, 1.807) is 6.07 Å². The molecular weight excluding hydrogens is 275 g/mol. The van der Waals surface area contributed by atoms with E-state index in [0.29, 0.717) is 0 Å². The number of nitrogens with two attached hydrogens (primary N) is 1. The predicted octanol–water partition coefficient (Wildman–Crippen LogP) is 3.13. The number of hydrogen-bond acceptors (Lipinski definition) is 3. The Morgan fingerprint density at radius 1 is 1.25 bits per heavy atom. The topological polar surface area (TPSA) is 56.0 Å². The van der Waals surface area contributed by atoms with E-state index in [1.165, 1.54) is 23.5 Å². The molecule has 1 heterocycles. The summed E-state index contributed by atoms with van der Waals surface area (Å²) in [7, 11) is 0. The summed E-state index contributed by atoms with van der Waals surface area (Å²) >= 11 is 1.42. The number of benzene rings is 2. The van der Waals surface area contributed by atoms with Gasteiger partial charge in [0.05, 0.1) is 16.6 Å². The molecule has 1 amide bonds. The van der Waals surface area contributed by atoms with Gasteiger partial charge < -0.3 is 5.73 Å². The molecule has 1 aromatic heterocycles. The number of carbonyl (C=O) groups excluding carboxylic acids is 1. The van der Waals surface area contributed by atoms with Crippen LogP contribution < -0.4 is 5.73 Å². The lowest BCUT2D eigenvalue weighted by atomic mass is 10.1. The van der Waals surface area contributed by atoms with Gasteiger partial charge in [0.15, 0.2) is 0 Å². The van der Waals surface area contributed by atoms with Crippen molar-refractivity contribution in [2.24, 2.45) is 5.73 Å². The Morgan fingerprint density at radius 2 is 2.10 bits per heavy atom. The van der Waals surface area contributed by atoms with Gasteiger partial charge in [0.25, 0.3) is 0 Å². The van der Waals surface area contributed by atoms with Crippen molar-refractivity contribution >= 4 is 27.5 Å². The van der Waals surface area contributed by atoms with Gasteiger partial charge in [-0.2, -0.15) is 0 Å². The number of nitrogens with zero attached hydrogens (tertiary/aromatic N) is 1. The summed E-state index contributed by atoms with van der Waals surface area (Å²) in [5, 5.41) is 0.803. The molecule has 0 aliphatic carbocycles. The molecule has 0 saturated carbocycles. The quantitative estimate of drug-likeness (QED) is 0.804. The summed E-state index contributed by atoms with van der Waals surface area (Å²) in [6, 6.07) is 12.1. The van der Waals surface area contributed by atoms with Gasteiger partial charge in [0.1, 0.15) is 10.8 Å². The number of rotatable bonds is 3. The monoisotopic (exact) mass is 286 g/mol. The molecule has 0 aliphatic heterocycles. The van der Waals surface area contributed by atoms with Crippen molar-refractivity contribution in [1.29, 1.82) is 0 Å². The van der Waals surface area contributed by atoms with Gasteiger partial charge in [-0.25, -0.2) is 9.37 Å². The maximum atomic E-state index is 13.2. The normalized spacial score (nSPS) is 10.8. The zero-order chi connectivity index (χ0) is 14.1. The highest BCUT2D eigenvalue weighted by Gasteiger charge is 2.08. The van der Waals surface area contributed by atoms with Crippen LogP contribution >= 0.6 is 11.3 Å². The molecule has 20 heavy (non-hydrogen) atoms. The molecule has 0 spiro atoms. The molecule has 0 saturated heterocycles. The number of halogens is 1. The summed E-state index contributed by atoms with van der Waals surface area (Å²) in [4.78, 5) is 15.4. The Kier molecular flexibility index (Phi) is 3.20. The maximum absolute atomic E-state index is 13.2. The lowest BCUT2D eigenvalue weighted by Gasteiger charge is -2.00. The van der Waals surface area contributed by atoms with E-state index in [-0.39, 0.29) is 18.1 Å². The second-order valence-corrected chi connectivity index (χ2v) is 5.51. The van der Waals surface area contributed by atoms with Crippen LogP contribution in [0.15, 0.2) is 42.5 Å². The lowest BCUT2D eigenvalue weighted by molar-refractivity contribution is -0.117. The van der Waals surface area contributed by atoms with Crippen molar-refractivity contribution in [3.63, 3.8) is 0 Å². The fraction of sp³-hybridized carbons (Fsp3) is 0.0667. The number of hydrogen-bond donors (Lipinski definition) is 1. The third-order valence-corrected chi connectivity index (χ3v) is 3.97. The second kappa shape index (κ2) is 5.02. The van der Waals surface area contributed by atoms with E-state index in [4.69, 9.17) is 5.73 Å². The largest absolute Gasteiger partial charge is 0.369 e. The highest BCUT2D eigenvalue weighted by molar-refractivity contribution is 7.21.